The van der Waals surface area contributed by atoms with Crippen molar-refractivity contribution in [2.45, 2.75) is 11.4 Å². The van der Waals surface area contributed by atoms with E-state index in [0.29, 0.717) is 17.0 Å². The van der Waals surface area contributed by atoms with Gasteiger partial charge in [0.1, 0.15) is 4.91 Å². The molecule has 3 aromatic carbocycles. The molecule has 0 spiro atoms. The van der Waals surface area contributed by atoms with E-state index >= 15 is 0 Å². The third-order valence-electron chi connectivity index (χ3n) is 5.06. The molecule has 2 heterocycles. The maximum absolute atomic E-state index is 12.9. The number of fused-ring (bicyclic) bond motifs is 1. The molecule has 33 heavy (non-hydrogen) atoms. The Bertz CT molecular complexity index is 1230. The van der Waals surface area contributed by atoms with E-state index in [1.54, 1.807) is 40.9 Å². The van der Waals surface area contributed by atoms with Crippen molar-refractivity contribution in [2.75, 3.05) is 11.9 Å². The molecule has 8 heteroatoms. The monoisotopic (exact) mass is 474 g/mol. The van der Waals surface area contributed by atoms with Crippen LogP contribution in [0.25, 0.3) is 0 Å². The van der Waals surface area contributed by atoms with Crippen LogP contribution in [0.15, 0.2) is 99.8 Å². The van der Waals surface area contributed by atoms with Crippen LogP contribution in [0.1, 0.15) is 15.9 Å². The summed E-state index contributed by atoms with van der Waals surface area (Å²) in [6.45, 7) is 0.434. The summed E-state index contributed by atoms with van der Waals surface area (Å²) in [6, 6.07) is 26.7. The number of carbonyl (C=O) groups excluding carboxylic acids is 2. The van der Waals surface area contributed by atoms with Crippen molar-refractivity contribution in [3.05, 3.63) is 106 Å². The van der Waals surface area contributed by atoms with Gasteiger partial charge in [-0.25, -0.2) is 0 Å². The summed E-state index contributed by atoms with van der Waals surface area (Å²) >= 11 is 2.85. The molecule has 1 fully saturated rings. The second-order valence-corrected chi connectivity index (χ2v) is 9.31. The van der Waals surface area contributed by atoms with Crippen LogP contribution in [0.3, 0.4) is 0 Å². The zero-order valence-corrected chi connectivity index (χ0v) is 19.5. The molecule has 166 valence electrons. The van der Waals surface area contributed by atoms with Crippen LogP contribution in [-0.2, 0) is 11.3 Å². The van der Waals surface area contributed by atoms with Crippen LogP contribution in [0, 0.1) is 5.41 Å². The lowest BCUT2D eigenvalue weighted by Crippen LogP contribution is -2.28. The highest BCUT2D eigenvalue weighted by atomic mass is 32.2. The number of anilines is 1. The Morgan fingerprint density at radius 3 is 2.12 bits per heavy atom. The SMILES string of the molecule is CN1/C(=C2/SC(=N)N(Cc3ccccc3)C2=O)Sc2ccccc21.NC(=O)c1ccccc1. The summed E-state index contributed by atoms with van der Waals surface area (Å²) in [4.78, 5) is 28.7. The first-order chi connectivity index (χ1) is 16.0. The lowest BCUT2D eigenvalue weighted by molar-refractivity contribution is -0.122. The Hall–Kier alpha value is -3.49. The van der Waals surface area contributed by atoms with Gasteiger partial charge in [-0.15, -0.1) is 0 Å². The summed E-state index contributed by atoms with van der Waals surface area (Å²) in [5.74, 6) is -0.466. The number of nitrogens with zero attached hydrogens (tertiary/aromatic N) is 2. The Labute approximate surface area is 201 Å². The van der Waals surface area contributed by atoms with Crippen molar-refractivity contribution in [3.63, 3.8) is 0 Å². The van der Waals surface area contributed by atoms with E-state index in [-0.39, 0.29) is 17.0 Å². The number of carbonyl (C=O) groups is 2. The van der Waals surface area contributed by atoms with Crippen LogP contribution in [0.2, 0.25) is 0 Å². The molecular weight excluding hydrogens is 452 g/mol. The van der Waals surface area contributed by atoms with Crippen molar-refractivity contribution in [2.24, 2.45) is 5.73 Å². The Morgan fingerprint density at radius 1 is 0.909 bits per heavy atom. The van der Waals surface area contributed by atoms with E-state index in [4.69, 9.17) is 11.1 Å². The van der Waals surface area contributed by atoms with Crippen molar-refractivity contribution in [1.82, 2.24) is 4.90 Å². The first-order valence-corrected chi connectivity index (χ1v) is 11.8. The van der Waals surface area contributed by atoms with Gasteiger partial charge < -0.3 is 10.6 Å². The highest BCUT2D eigenvalue weighted by molar-refractivity contribution is 8.19. The van der Waals surface area contributed by atoms with Gasteiger partial charge in [0.2, 0.25) is 5.91 Å². The summed E-state index contributed by atoms with van der Waals surface area (Å²) in [5.41, 5.74) is 7.66. The van der Waals surface area contributed by atoms with Gasteiger partial charge in [0.05, 0.1) is 17.3 Å². The Morgan fingerprint density at radius 2 is 1.52 bits per heavy atom. The maximum Gasteiger partial charge on any atom is 0.269 e. The number of thioether (sulfide) groups is 2. The molecule has 0 radical (unpaired) electrons. The number of amidine groups is 1. The summed E-state index contributed by atoms with van der Waals surface area (Å²) < 4.78 is 0. The quantitative estimate of drug-likeness (QED) is 0.527. The third-order valence-corrected chi connectivity index (χ3v) is 7.41. The molecular formula is C25H22N4O2S2. The molecule has 2 amide bonds. The Kier molecular flexibility index (Phi) is 6.86. The number of nitrogens with one attached hydrogen (secondary N) is 1. The predicted octanol–water partition coefficient (Wildman–Crippen LogP) is 4.89. The normalized spacial score (nSPS) is 17.0. The van der Waals surface area contributed by atoms with E-state index in [1.807, 2.05) is 66.5 Å². The number of hydrogen-bond donors (Lipinski definition) is 2. The molecule has 5 rings (SSSR count). The number of rotatable bonds is 3. The zero-order valence-electron chi connectivity index (χ0n) is 17.9. The molecule has 0 bridgehead atoms. The zero-order chi connectivity index (χ0) is 23.4. The number of para-hydroxylation sites is 1. The minimum absolute atomic E-state index is 0.0870. The van der Waals surface area contributed by atoms with Gasteiger partial charge in [-0.1, -0.05) is 72.4 Å². The highest BCUT2D eigenvalue weighted by Crippen LogP contribution is 2.49. The second-order valence-electron chi connectivity index (χ2n) is 7.28. The predicted molar refractivity (Wildman–Crippen MR) is 135 cm³/mol. The van der Waals surface area contributed by atoms with Crippen LogP contribution in [0.4, 0.5) is 5.69 Å². The molecule has 2 aliphatic rings. The van der Waals surface area contributed by atoms with Gasteiger partial charge in [-0.3, -0.25) is 19.9 Å². The lowest BCUT2D eigenvalue weighted by Gasteiger charge is -2.16. The van der Waals surface area contributed by atoms with Crippen molar-refractivity contribution >= 4 is 46.2 Å². The average molecular weight is 475 g/mol. The largest absolute Gasteiger partial charge is 0.366 e. The second kappa shape index (κ2) is 9.97. The molecule has 1 saturated heterocycles. The summed E-state index contributed by atoms with van der Waals surface area (Å²) in [7, 11) is 1.97. The van der Waals surface area contributed by atoms with Crippen molar-refractivity contribution < 1.29 is 9.59 Å². The van der Waals surface area contributed by atoms with E-state index in [0.717, 1.165) is 21.2 Å². The van der Waals surface area contributed by atoms with E-state index in [2.05, 4.69) is 6.07 Å². The van der Waals surface area contributed by atoms with Gasteiger partial charge in [0.25, 0.3) is 5.91 Å². The van der Waals surface area contributed by atoms with Gasteiger partial charge in [-0.2, -0.15) is 0 Å². The number of hydrogen-bond acceptors (Lipinski definition) is 6. The van der Waals surface area contributed by atoms with Crippen LogP contribution in [0.5, 0.6) is 0 Å². The minimum atomic E-state index is -0.379. The standard InChI is InChI=1S/C18H15N3OS2.C7H7NO/c1-20-13-9-5-6-10-14(13)23-17(20)15-16(22)21(18(19)24-15)11-12-7-3-2-4-8-12;8-7(9)6-4-2-1-3-5-6/h2-10,19H,11H2,1H3;1-5H,(H2,8,9)/b17-15-,19-18?;. The summed E-state index contributed by atoms with van der Waals surface area (Å²) in [5, 5.41) is 9.41. The first kappa shape index (κ1) is 22.7. The molecule has 2 aliphatic heterocycles. The fourth-order valence-electron chi connectivity index (χ4n) is 3.36. The topological polar surface area (TPSA) is 90.5 Å². The van der Waals surface area contributed by atoms with Crippen LogP contribution < -0.4 is 10.6 Å². The minimum Gasteiger partial charge on any atom is -0.366 e. The van der Waals surface area contributed by atoms with Crippen LogP contribution in [-0.4, -0.2) is 28.9 Å². The maximum atomic E-state index is 12.9. The average Bonchev–Trinajstić information content (AvgIpc) is 3.32. The molecule has 3 N–H and O–H groups in total. The van der Waals surface area contributed by atoms with Gasteiger partial charge in [0, 0.05) is 17.5 Å². The van der Waals surface area contributed by atoms with Gasteiger partial charge >= 0.3 is 0 Å². The third kappa shape index (κ3) is 4.97. The van der Waals surface area contributed by atoms with Gasteiger partial charge in [0.15, 0.2) is 5.17 Å². The lowest BCUT2D eigenvalue weighted by atomic mass is 10.2. The molecule has 0 atom stereocenters. The van der Waals surface area contributed by atoms with E-state index in [1.165, 1.54) is 11.8 Å². The number of benzene rings is 3. The van der Waals surface area contributed by atoms with Gasteiger partial charge in [-0.05, 0) is 41.6 Å². The number of primary amides is 1. The molecule has 0 saturated carbocycles. The molecule has 0 aromatic heterocycles. The van der Waals surface area contributed by atoms with Crippen molar-refractivity contribution in [1.29, 1.82) is 5.41 Å². The van der Waals surface area contributed by atoms with E-state index in [9.17, 15) is 9.59 Å². The molecule has 3 aromatic rings. The highest BCUT2D eigenvalue weighted by Gasteiger charge is 2.38. The molecule has 6 nitrogen and oxygen atoms in total. The van der Waals surface area contributed by atoms with E-state index < -0.39 is 0 Å². The molecule has 0 aliphatic carbocycles. The molecule has 0 unspecified atom stereocenters. The van der Waals surface area contributed by atoms with Crippen LogP contribution >= 0.6 is 23.5 Å². The number of nitrogens with two attached hydrogens (primary N) is 1. The Balaban J connectivity index is 0.000000243. The number of amides is 2. The fourth-order valence-corrected chi connectivity index (χ4v) is 5.56. The van der Waals surface area contributed by atoms with Crippen molar-refractivity contribution in [3.8, 4) is 0 Å². The first-order valence-electron chi connectivity index (χ1n) is 10.2. The fraction of sp³-hybridized carbons (Fsp3) is 0.0800. The smallest absolute Gasteiger partial charge is 0.269 e. The summed E-state index contributed by atoms with van der Waals surface area (Å²) in [6.07, 6.45) is 0.